The smallest absolute Gasteiger partial charge is 0.353 e. The number of nitrogens with zero attached hydrogens (tertiary/aromatic N) is 2. The molecule has 27 heavy (non-hydrogen) atoms. The normalized spacial score (nSPS) is 18.8. The van der Waals surface area contributed by atoms with E-state index in [0.717, 1.165) is 18.3 Å². The molecule has 0 spiro atoms. The van der Waals surface area contributed by atoms with Crippen LogP contribution in [0.4, 0.5) is 8.78 Å². The molecule has 0 saturated carbocycles. The molecule has 1 aromatic heterocycles. The first-order chi connectivity index (χ1) is 12.7. The van der Waals surface area contributed by atoms with Crippen LogP contribution >= 0.6 is 23.2 Å². The molecule has 0 amide bonds. The third-order valence-corrected chi connectivity index (χ3v) is 4.65. The topological polar surface area (TPSA) is 60.8 Å². The molecule has 0 radical (unpaired) electrons. The summed E-state index contributed by atoms with van der Waals surface area (Å²) in [6.45, 7) is 3.41. The summed E-state index contributed by atoms with van der Waals surface area (Å²) >= 11 is 12.1. The highest BCUT2D eigenvalue weighted by molar-refractivity contribution is 6.35. The third kappa shape index (κ3) is 3.75. The Morgan fingerprint density at radius 1 is 1.26 bits per heavy atom. The van der Waals surface area contributed by atoms with Crippen molar-refractivity contribution in [1.82, 2.24) is 4.98 Å². The summed E-state index contributed by atoms with van der Waals surface area (Å²) in [5.41, 5.74) is -0.571. The number of halogens is 4. The second kappa shape index (κ2) is 7.40. The molecule has 1 aliphatic heterocycles. The molecule has 1 unspecified atom stereocenters. The van der Waals surface area contributed by atoms with Gasteiger partial charge in [-0.2, -0.15) is 0 Å². The molecule has 3 rings (SSSR count). The van der Waals surface area contributed by atoms with E-state index in [0.29, 0.717) is 11.3 Å². The van der Waals surface area contributed by atoms with Gasteiger partial charge in [0.1, 0.15) is 16.8 Å². The number of esters is 1. The van der Waals surface area contributed by atoms with Gasteiger partial charge in [0.05, 0.1) is 23.5 Å². The zero-order chi connectivity index (χ0) is 19.8. The maximum absolute atomic E-state index is 14.5. The Labute approximate surface area is 163 Å². The van der Waals surface area contributed by atoms with E-state index >= 15 is 0 Å². The van der Waals surface area contributed by atoms with Crippen LogP contribution in [0.3, 0.4) is 0 Å². The number of pyridine rings is 1. The Morgan fingerprint density at radius 3 is 2.70 bits per heavy atom. The number of hydrogen-bond acceptors (Lipinski definition) is 5. The lowest BCUT2D eigenvalue weighted by molar-refractivity contribution is -0.166. The molecule has 0 aliphatic carbocycles. The SMILES string of the molecule is CCOC(=O)C1(C)CC(c2cc(-c3cc(F)cnc3Cl)c(F)cc2Cl)=NO1. The molecule has 2 aromatic rings. The second-order valence-corrected chi connectivity index (χ2v) is 6.83. The molecule has 0 fully saturated rings. The van der Waals surface area contributed by atoms with Gasteiger partial charge >= 0.3 is 5.97 Å². The summed E-state index contributed by atoms with van der Waals surface area (Å²) < 4.78 is 33.0. The molecule has 1 atom stereocenters. The Hall–Kier alpha value is -2.25. The number of aromatic nitrogens is 1. The molecule has 142 valence electrons. The van der Waals surface area contributed by atoms with Gasteiger partial charge in [0, 0.05) is 23.1 Å². The minimum Gasteiger partial charge on any atom is -0.463 e. The van der Waals surface area contributed by atoms with Crippen molar-refractivity contribution >= 4 is 34.9 Å². The fraction of sp³-hybridized carbons (Fsp3) is 0.278. The fourth-order valence-corrected chi connectivity index (χ4v) is 3.13. The molecule has 0 saturated heterocycles. The highest BCUT2D eigenvalue weighted by Gasteiger charge is 2.44. The summed E-state index contributed by atoms with van der Waals surface area (Å²) in [6.07, 6.45) is 1.01. The van der Waals surface area contributed by atoms with E-state index in [9.17, 15) is 13.6 Å². The van der Waals surface area contributed by atoms with Crippen molar-refractivity contribution in [2.45, 2.75) is 25.9 Å². The Balaban J connectivity index is 2.01. The lowest BCUT2D eigenvalue weighted by atomic mass is 9.94. The largest absolute Gasteiger partial charge is 0.463 e. The lowest BCUT2D eigenvalue weighted by Crippen LogP contribution is -2.37. The van der Waals surface area contributed by atoms with Crippen molar-refractivity contribution in [3.8, 4) is 11.1 Å². The van der Waals surface area contributed by atoms with E-state index in [1.54, 1.807) is 6.92 Å². The van der Waals surface area contributed by atoms with E-state index in [2.05, 4.69) is 10.1 Å². The maximum Gasteiger partial charge on any atom is 0.353 e. The van der Waals surface area contributed by atoms with Gasteiger partial charge in [-0.3, -0.25) is 0 Å². The van der Waals surface area contributed by atoms with Gasteiger partial charge in [0.2, 0.25) is 5.60 Å². The van der Waals surface area contributed by atoms with Crippen LogP contribution in [0.2, 0.25) is 10.2 Å². The quantitative estimate of drug-likeness (QED) is 0.533. The predicted octanol–water partition coefficient (Wildman–Crippen LogP) is 4.78. The van der Waals surface area contributed by atoms with E-state index < -0.39 is 23.2 Å². The minimum absolute atomic E-state index is 0.00108. The molecule has 9 heteroatoms. The zero-order valence-electron chi connectivity index (χ0n) is 14.4. The van der Waals surface area contributed by atoms with Gasteiger partial charge < -0.3 is 9.57 Å². The molecule has 1 aliphatic rings. The number of benzene rings is 1. The van der Waals surface area contributed by atoms with Crippen molar-refractivity contribution in [3.05, 3.63) is 51.8 Å². The van der Waals surface area contributed by atoms with Gasteiger partial charge in [0.15, 0.2) is 0 Å². The van der Waals surface area contributed by atoms with Crippen molar-refractivity contribution in [1.29, 1.82) is 0 Å². The summed E-state index contributed by atoms with van der Waals surface area (Å²) in [6, 6.07) is 3.51. The van der Waals surface area contributed by atoms with Gasteiger partial charge in [-0.15, -0.1) is 0 Å². The van der Waals surface area contributed by atoms with Gasteiger partial charge in [-0.25, -0.2) is 18.6 Å². The molecule has 0 bridgehead atoms. The monoisotopic (exact) mass is 414 g/mol. The number of ether oxygens (including phenoxy) is 1. The summed E-state index contributed by atoms with van der Waals surface area (Å²) in [4.78, 5) is 21.0. The van der Waals surface area contributed by atoms with Gasteiger partial charge in [-0.05, 0) is 32.0 Å². The molecular formula is C18H14Cl2F2N2O3. The van der Waals surface area contributed by atoms with Crippen molar-refractivity contribution in [2.24, 2.45) is 5.16 Å². The zero-order valence-corrected chi connectivity index (χ0v) is 15.9. The Bertz CT molecular complexity index is 952. The fourth-order valence-electron chi connectivity index (χ4n) is 2.67. The van der Waals surface area contributed by atoms with Crippen LogP contribution in [0, 0.1) is 11.6 Å². The highest BCUT2D eigenvalue weighted by atomic mass is 35.5. The first-order valence-electron chi connectivity index (χ1n) is 7.98. The van der Waals surface area contributed by atoms with Crippen molar-refractivity contribution in [3.63, 3.8) is 0 Å². The molecule has 2 heterocycles. The van der Waals surface area contributed by atoms with Crippen LogP contribution in [0.5, 0.6) is 0 Å². The number of carbonyl (C=O) groups excluding carboxylic acids is 1. The lowest BCUT2D eigenvalue weighted by Gasteiger charge is -2.18. The number of oxime groups is 1. The first-order valence-corrected chi connectivity index (χ1v) is 8.74. The Kier molecular flexibility index (Phi) is 5.35. The predicted molar refractivity (Wildman–Crippen MR) is 96.9 cm³/mol. The van der Waals surface area contributed by atoms with Crippen LogP contribution in [0.15, 0.2) is 29.6 Å². The number of hydrogen-bond donors (Lipinski definition) is 0. The van der Waals surface area contributed by atoms with Gasteiger partial charge in [-0.1, -0.05) is 28.4 Å². The number of carbonyl (C=O) groups is 1. The van der Waals surface area contributed by atoms with Crippen LogP contribution < -0.4 is 0 Å². The highest BCUT2D eigenvalue weighted by Crippen LogP contribution is 2.36. The molecule has 1 aromatic carbocycles. The van der Waals surface area contributed by atoms with E-state index in [-0.39, 0.29) is 34.3 Å². The average Bonchev–Trinajstić information content (AvgIpc) is 3.01. The molecular weight excluding hydrogens is 401 g/mol. The van der Waals surface area contributed by atoms with E-state index in [4.69, 9.17) is 32.8 Å². The van der Waals surface area contributed by atoms with Crippen LogP contribution in [0.25, 0.3) is 11.1 Å². The van der Waals surface area contributed by atoms with Crippen molar-refractivity contribution < 1.29 is 23.1 Å². The first kappa shape index (κ1) is 19.5. The average molecular weight is 415 g/mol. The summed E-state index contributed by atoms with van der Waals surface area (Å²) in [5, 5.41) is 3.91. The Morgan fingerprint density at radius 2 is 2.00 bits per heavy atom. The maximum atomic E-state index is 14.5. The molecule has 5 nitrogen and oxygen atoms in total. The van der Waals surface area contributed by atoms with Crippen LogP contribution in [-0.4, -0.2) is 28.9 Å². The van der Waals surface area contributed by atoms with Gasteiger partial charge in [0.25, 0.3) is 0 Å². The summed E-state index contributed by atoms with van der Waals surface area (Å²) in [7, 11) is 0. The second-order valence-electron chi connectivity index (χ2n) is 6.06. The van der Waals surface area contributed by atoms with E-state index in [1.165, 1.54) is 13.0 Å². The summed E-state index contributed by atoms with van der Waals surface area (Å²) in [5.74, 6) is -1.94. The standard InChI is InChI=1S/C18H14Cl2F2N2O3/c1-3-26-17(25)18(2)7-15(24-27-18)12-5-10(14(22)6-13(12)19)11-4-9(21)8-23-16(11)20/h4-6,8H,3,7H2,1-2H3. The minimum atomic E-state index is -1.30. The van der Waals surface area contributed by atoms with Crippen LogP contribution in [0.1, 0.15) is 25.8 Å². The number of rotatable bonds is 4. The molecule has 0 N–H and O–H groups in total. The third-order valence-electron chi connectivity index (χ3n) is 4.03. The van der Waals surface area contributed by atoms with Crippen LogP contribution in [-0.2, 0) is 14.4 Å². The van der Waals surface area contributed by atoms with E-state index in [1.807, 2.05) is 0 Å². The van der Waals surface area contributed by atoms with Crippen molar-refractivity contribution in [2.75, 3.05) is 6.61 Å².